The van der Waals surface area contributed by atoms with Gasteiger partial charge in [-0.1, -0.05) is 6.42 Å². The maximum atomic E-state index is 13.6. The fourth-order valence-electron chi connectivity index (χ4n) is 2.70. The number of aliphatic hydroxyl groups excluding tert-OH is 1. The normalized spacial score (nSPS) is 22.6. The van der Waals surface area contributed by atoms with E-state index in [9.17, 15) is 22.3 Å². The van der Waals surface area contributed by atoms with Crippen LogP contribution in [-0.2, 0) is 10.0 Å². The number of nitrogens with one attached hydrogen (secondary N) is 1. The molecule has 1 aliphatic carbocycles. The van der Waals surface area contributed by atoms with Gasteiger partial charge in [0.25, 0.3) is 0 Å². The van der Waals surface area contributed by atoms with Gasteiger partial charge in [0.2, 0.25) is 10.0 Å². The molecule has 4 N–H and O–H groups in total. The summed E-state index contributed by atoms with van der Waals surface area (Å²) >= 11 is 0. The molecule has 1 aliphatic rings. The zero-order chi connectivity index (χ0) is 15.6. The molecule has 1 fully saturated rings. The minimum atomic E-state index is -4.18. The van der Waals surface area contributed by atoms with Crippen molar-refractivity contribution < 1.29 is 22.3 Å². The van der Waals surface area contributed by atoms with Gasteiger partial charge >= 0.3 is 0 Å². The van der Waals surface area contributed by atoms with E-state index in [0.29, 0.717) is 0 Å². The van der Waals surface area contributed by atoms with Crippen LogP contribution in [0.15, 0.2) is 17.0 Å². The quantitative estimate of drug-likeness (QED) is 0.712. The first kappa shape index (κ1) is 16.1. The summed E-state index contributed by atoms with van der Waals surface area (Å²) in [6, 6.07) is 1.62. The van der Waals surface area contributed by atoms with Crippen LogP contribution < -0.4 is 10.5 Å². The molecule has 0 radical (unpaired) electrons. The molecule has 2 rings (SSSR count). The molecule has 5 nitrogen and oxygen atoms in total. The zero-order valence-corrected chi connectivity index (χ0v) is 12.2. The van der Waals surface area contributed by atoms with Crippen molar-refractivity contribution in [3.8, 4) is 0 Å². The number of rotatable bonds is 5. The Morgan fingerprint density at radius 2 is 1.95 bits per heavy atom. The highest BCUT2D eigenvalue weighted by molar-refractivity contribution is 7.89. The number of aliphatic hydroxyl groups is 1. The summed E-state index contributed by atoms with van der Waals surface area (Å²) in [7, 11) is -4.18. The summed E-state index contributed by atoms with van der Waals surface area (Å²) in [5.41, 5.74) is 5.19. The second-order valence-electron chi connectivity index (χ2n) is 5.30. The van der Waals surface area contributed by atoms with E-state index in [0.717, 1.165) is 31.4 Å². The lowest BCUT2D eigenvalue weighted by Gasteiger charge is -2.18. The summed E-state index contributed by atoms with van der Waals surface area (Å²) in [6.07, 6.45) is 2.55. The van der Waals surface area contributed by atoms with Gasteiger partial charge < -0.3 is 10.8 Å². The Morgan fingerprint density at radius 1 is 1.29 bits per heavy atom. The lowest BCUT2D eigenvalue weighted by Crippen LogP contribution is -2.32. The third-order valence-corrected chi connectivity index (χ3v) is 5.32. The SMILES string of the molecule is Nc1cc(F)c(F)c(S(=O)(=O)NCC2CCCC2CO)c1. The van der Waals surface area contributed by atoms with Crippen LogP contribution in [0.4, 0.5) is 14.5 Å². The van der Waals surface area contributed by atoms with Gasteiger partial charge in [-0.25, -0.2) is 21.9 Å². The molecule has 21 heavy (non-hydrogen) atoms. The molecule has 8 heteroatoms. The fourth-order valence-corrected chi connectivity index (χ4v) is 3.91. The minimum Gasteiger partial charge on any atom is -0.399 e. The maximum absolute atomic E-state index is 13.6. The first-order valence-corrected chi connectivity index (χ1v) is 8.18. The van der Waals surface area contributed by atoms with Gasteiger partial charge in [-0.3, -0.25) is 0 Å². The summed E-state index contributed by atoms with van der Waals surface area (Å²) in [5.74, 6) is -2.71. The summed E-state index contributed by atoms with van der Waals surface area (Å²) < 4.78 is 53.3. The fraction of sp³-hybridized carbons (Fsp3) is 0.538. The molecule has 0 spiro atoms. The second kappa shape index (κ2) is 6.25. The van der Waals surface area contributed by atoms with Gasteiger partial charge in [0.05, 0.1) is 0 Å². The van der Waals surface area contributed by atoms with E-state index in [4.69, 9.17) is 5.73 Å². The van der Waals surface area contributed by atoms with Crippen molar-refractivity contribution in [1.82, 2.24) is 4.72 Å². The van der Waals surface area contributed by atoms with Crippen LogP contribution in [-0.4, -0.2) is 26.7 Å². The highest BCUT2D eigenvalue weighted by Crippen LogP contribution is 2.31. The van der Waals surface area contributed by atoms with E-state index in [1.54, 1.807) is 0 Å². The Bertz CT molecular complexity index is 622. The van der Waals surface area contributed by atoms with Crippen molar-refractivity contribution in [2.75, 3.05) is 18.9 Å². The number of halogens is 2. The number of nitrogens with two attached hydrogens (primary N) is 1. The van der Waals surface area contributed by atoms with Crippen molar-refractivity contribution >= 4 is 15.7 Å². The number of anilines is 1. The van der Waals surface area contributed by atoms with Crippen LogP contribution in [0.25, 0.3) is 0 Å². The number of benzene rings is 1. The molecule has 1 saturated carbocycles. The predicted molar refractivity (Wildman–Crippen MR) is 73.9 cm³/mol. The van der Waals surface area contributed by atoms with E-state index in [1.807, 2.05) is 0 Å². The van der Waals surface area contributed by atoms with Crippen LogP contribution in [0.1, 0.15) is 19.3 Å². The van der Waals surface area contributed by atoms with Gasteiger partial charge in [0.15, 0.2) is 11.6 Å². The topological polar surface area (TPSA) is 92.4 Å². The molecule has 0 aromatic heterocycles. The van der Waals surface area contributed by atoms with E-state index in [1.165, 1.54) is 0 Å². The Balaban J connectivity index is 2.16. The Labute approximate surface area is 122 Å². The lowest BCUT2D eigenvalue weighted by atomic mass is 9.97. The highest BCUT2D eigenvalue weighted by atomic mass is 32.2. The Kier molecular flexibility index (Phi) is 4.80. The van der Waals surface area contributed by atoms with E-state index in [-0.39, 0.29) is 30.7 Å². The zero-order valence-electron chi connectivity index (χ0n) is 11.4. The van der Waals surface area contributed by atoms with Crippen LogP contribution in [0.5, 0.6) is 0 Å². The molecule has 1 aromatic rings. The molecule has 0 heterocycles. The number of sulfonamides is 1. The maximum Gasteiger partial charge on any atom is 0.243 e. The monoisotopic (exact) mass is 320 g/mol. The molecule has 2 unspecified atom stereocenters. The molecule has 0 amide bonds. The van der Waals surface area contributed by atoms with Gasteiger partial charge in [-0.15, -0.1) is 0 Å². The minimum absolute atomic E-state index is 0.00116. The molecular formula is C13H18F2N2O3S. The number of hydrogen-bond acceptors (Lipinski definition) is 4. The van der Waals surface area contributed by atoms with E-state index in [2.05, 4.69) is 4.72 Å². The summed E-state index contributed by atoms with van der Waals surface area (Å²) in [5, 5.41) is 9.20. The third-order valence-electron chi connectivity index (χ3n) is 3.89. The second-order valence-corrected chi connectivity index (χ2v) is 7.04. The average Bonchev–Trinajstić information content (AvgIpc) is 2.88. The number of hydrogen-bond donors (Lipinski definition) is 3. The predicted octanol–water partition coefficient (Wildman–Crippen LogP) is 1.23. The van der Waals surface area contributed by atoms with Crippen molar-refractivity contribution in [3.63, 3.8) is 0 Å². The van der Waals surface area contributed by atoms with Gasteiger partial charge in [0, 0.05) is 18.8 Å². The Morgan fingerprint density at radius 3 is 2.62 bits per heavy atom. The van der Waals surface area contributed by atoms with Crippen molar-refractivity contribution in [3.05, 3.63) is 23.8 Å². The molecule has 2 atom stereocenters. The first-order valence-electron chi connectivity index (χ1n) is 6.70. The molecule has 118 valence electrons. The van der Waals surface area contributed by atoms with Crippen molar-refractivity contribution in [1.29, 1.82) is 0 Å². The first-order chi connectivity index (χ1) is 9.85. The van der Waals surface area contributed by atoms with Crippen molar-refractivity contribution in [2.45, 2.75) is 24.2 Å². The largest absolute Gasteiger partial charge is 0.399 e. The summed E-state index contributed by atoms with van der Waals surface area (Å²) in [4.78, 5) is -0.793. The van der Waals surface area contributed by atoms with Crippen molar-refractivity contribution in [2.24, 2.45) is 11.8 Å². The van der Waals surface area contributed by atoms with E-state index < -0.39 is 26.6 Å². The van der Waals surface area contributed by atoms with Crippen LogP contribution in [0.3, 0.4) is 0 Å². The molecular weight excluding hydrogens is 302 g/mol. The standard InChI is InChI=1S/C13H18F2N2O3S/c14-11-4-10(16)5-12(13(11)15)21(19,20)17-6-8-2-1-3-9(8)7-18/h4-5,8-9,17-18H,1-3,6-7,16H2. The summed E-state index contributed by atoms with van der Waals surface area (Å²) in [6.45, 7) is 0.0804. The average molecular weight is 320 g/mol. The van der Waals surface area contributed by atoms with Crippen LogP contribution in [0.2, 0.25) is 0 Å². The molecule has 0 saturated heterocycles. The molecule has 0 bridgehead atoms. The van der Waals surface area contributed by atoms with Crippen LogP contribution >= 0.6 is 0 Å². The Hall–Kier alpha value is -1.25. The number of nitrogen functional groups attached to an aromatic ring is 1. The lowest BCUT2D eigenvalue weighted by molar-refractivity contribution is 0.195. The smallest absolute Gasteiger partial charge is 0.243 e. The van der Waals surface area contributed by atoms with E-state index >= 15 is 0 Å². The molecule has 0 aliphatic heterocycles. The van der Waals surface area contributed by atoms with Gasteiger partial charge in [-0.2, -0.15) is 0 Å². The van der Waals surface area contributed by atoms with Crippen LogP contribution in [0, 0.1) is 23.5 Å². The highest BCUT2D eigenvalue weighted by Gasteiger charge is 2.29. The molecule has 1 aromatic carbocycles. The third kappa shape index (κ3) is 3.50. The van der Waals surface area contributed by atoms with Gasteiger partial charge in [0.1, 0.15) is 4.90 Å². The van der Waals surface area contributed by atoms with Gasteiger partial charge in [-0.05, 0) is 36.8 Å².